The highest BCUT2D eigenvalue weighted by atomic mass is 16.6. The van der Waals surface area contributed by atoms with Crippen molar-refractivity contribution in [3.8, 4) is 5.75 Å². The Balaban J connectivity index is 1.52. The van der Waals surface area contributed by atoms with Gasteiger partial charge >= 0.3 is 0 Å². The van der Waals surface area contributed by atoms with E-state index in [-0.39, 0.29) is 6.10 Å². The zero-order chi connectivity index (χ0) is 16.2. The van der Waals surface area contributed by atoms with E-state index in [1.807, 2.05) is 18.2 Å². The summed E-state index contributed by atoms with van der Waals surface area (Å²) in [6.07, 6.45) is 11.0. The summed E-state index contributed by atoms with van der Waals surface area (Å²) in [5.41, 5.74) is 0.952. The number of fused-ring (bicyclic) bond motifs is 1. The first kappa shape index (κ1) is 15.6. The maximum atomic E-state index is 5.81. The standard InChI is InChI=1S/C19H25N3O2/c1-2-4-6-14(7-5-3-1)22-19-17-10-15(23-11-16-12-24-16)8-9-18(17)20-13-21-19/h8-10,13-14,16H,1-7,11-12H2,(H,20,21,22). The van der Waals surface area contributed by atoms with Crippen LogP contribution in [0, 0.1) is 0 Å². The van der Waals surface area contributed by atoms with Gasteiger partial charge in [0.1, 0.15) is 30.6 Å². The number of anilines is 1. The van der Waals surface area contributed by atoms with Crippen LogP contribution >= 0.6 is 0 Å². The molecule has 2 aliphatic rings. The van der Waals surface area contributed by atoms with Crippen LogP contribution < -0.4 is 10.1 Å². The number of hydrogen-bond acceptors (Lipinski definition) is 5. The molecule has 1 atom stereocenters. The van der Waals surface area contributed by atoms with Crippen molar-refractivity contribution in [2.24, 2.45) is 0 Å². The summed E-state index contributed by atoms with van der Waals surface area (Å²) in [6, 6.07) is 6.52. The molecule has 5 heteroatoms. The zero-order valence-electron chi connectivity index (χ0n) is 14.0. The topological polar surface area (TPSA) is 59.6 Å². The molecule has 2 aromatic rings. The summed E-state index contributed by atoms with van der Waals surface area (Å²) >= 11 is 0. The molecule has 1 aliphatic carbocycles. The summed E-state index contributed by atoms with van der Waals surface area (Å²) in [5, 5.41) is 4.70. The van der Waals surface area contributed by atoms with Gasteiger partial charge in [-0.25, -0.2) is 9.97 Å². The number of nitrogens with one attached hydrogen (secondary N) is 1. The Hall–Kier alpha value is -1.88. The van der Waals surface area contributed by atoms with Gasteiger partial charge in [0, 0.05) is 11.4 Å². The molecule has 2 fully saturated rings. The number of epoxide rings is 1. The minimum absolute atomic E-state index is 0.264. The molecule has 128 valence electrons. The summed E-state index contributed by atoms with van der Waals surface area (Å²) in [4.78, 5) is 8.89. The molecule has 1 N–H and O–H groups in total. The fourth-order valence-corrected chi connectivity index (χ4v) is 3.39. The first-order valence-electron chi connectivity index (χ1n) is 9.14. The molecule has 4 rings (SSSR count). The number of nitrogens with zero attached hydrogens (tertiary/aromatic N) is 2. The van der Waals surface area contributed by atoms with E-state index < -0.39 is 0 Å². The van der Waals surface area contributed by atoms with Crippen molar-refractivity contribution in [3.05, 3.63) is 24.5 Å². The third kappa shape index (κ3) is 3.96. The highest BCUT2D eigenvalue weighted by Crippen LogP contribution is 2.27. The Morgan fingerprint density at radius 2 is 1.88 bits per heavy atom. The summed E-state index contributed by atoms with van der Waals surface area (Å²) < 4.78 is 11.0. The second-order valence-electron chi connectivity index (χ2n) is 6.85. The van der Waals surface area contributed by atoms with Gasteiger partial charge in [-0.15, -0.1) is 0 Å². The molecule has 0 radical (unpaired) electrons. The third-order valence-electron chi connectivity index (χ3n) is 4.89. The molecule has 2 heterocycles. The van der Waals surface area contributed by atoms with E-state index in [1.165, 1.54) is 44.9 Å². The van der Waals surface area contributed by atoms with Gasteiger partial charge in [-0.2, -0.15) is 0 Å². The Morgan fingerprint density at radius 3 is 2.67 bits per heavy atom. The number of benzene rings is 1. The second-order valence-corrected chi connectivity index (χ2v) is 6.85. The van der Waals surface area contributed by atoms with Crippen LogP contribution in [-0.2, 0) is 4.74 Å². The van der Waals surface area contributed by atoms with Crippen molar-refractivity contribution in [3.63, 3.8) is 0 Å². The maximum Gasteiger partial charge on any atom is 0.137 e. The molecule has 0 bridgehead atoms. The summed E-state index contributed by atoms with van der Waals surface area (Å²) in [6.45, 7) is 1.43. The van der Waals surface area contributed by atoms with Crippen molar-refractivity contribution < 1.29 is 9.47 Å². The van der Waals surface area contributed by atoms with E-state index >= 15 is 0 Å². The van der Waals surface area contributed by atoms with Crippen LogP contribution in [0.2, 0.25) is 0 Å². The first-order chi connectivity index (χ1) is 11.9. The van der Waals surface area contributed by atoms with E-state index in [2.05, 4.69) is 15.3 Å². The van der Waals surface area contributed by atoms with Crippen LogP contribution in [-0.4, -0.2) is 35.3 Å². The van der Waals surface area contributed by atoms with E-state index in [1.54, 1.807) is 6.33 Å². The molecule has 0 amide bonds. The van der Waals surface area contributed by atoms with E-state index in [0.29, 0.717) is 12.6 Å². The van der Waals surface area contributed by atoms with Crippen molar-refractivity contribution in [2.75, 3.05) is 18.5 Å². The lowest BCUT2D eigenvalue weighted by atomic mass is 9.96. The molecule has 1 aromatic carbocycles. The molecule has 0 spiro atoms. The Labute approximate surface area is 142 Å². The van der Waals surface area contributed by atoms with Crippen LogP contribution in [0.1, 0.15) is 44.9 Å². The minimum atomic E-state index is 0.264. The van der Waals surface area contributed by atoms with Crippen molar-refractivity contribution >= 4 is 16.7 Å². The highest BCUT2D eigenvalue weighted by molar-refractivity contribution is 5.90. The normalized spacial score (nSPS) is 21.9. The van der Waals surface area contributed by atoms with Crippen LogP contribution in [0.5, 0.6) is 5.75 Å². The van der Waals surface area contributed by atoms with Gasteiger partial charge in [0.05, 0.1) is 12.1 Å². The molecule has 1 saturated heterocycles. The lowest BCUT2D eigenvalue weighted by Gasteiger charge is -2.22. The van der Waals surface area contributed by atoms with Gasteiger partial charge in [0.15, 0.2) is 0 Å². The molecule has 24 heavy (non-hydrogen) atoms. The largest absolute Gasteiger partial charge is 0.491 e. The molecular formula is C19H25N3O2. The van der Waals surface area contributed by atoms with E-state index in [0.717, 1.165) is 29.1 Å². The van der Waals surface area contributed by atoms with Crippen LogP contribution in [0.3, 0.4) is 0 Å². The Kier molecular flexibility index (Phi) is 4.78. The van der Waals surface area contributed by atoms with Gasteiger partial charge in [-0.1, -0.05) is 32.1 Å². The predicted molar refractivity (Wildman–Crippen MR) is 94.5 cm³/mol. The first-order valence-corrected chi connectivity index (χ1v) is 9.14. The van der Waals surface area contributed by atoms with Crippen LogP contribution in [0.4, 0.5) is 5.82 Å². The van der Waals surface area contributed by atoms with Crippen LogP contribution in [0.15, 0.2) is 24.5 Å². The molecule has 1 aromatic heterocycles. The van der Waals surface area contributed by atoms with Gasteiger partial charge < -0.3 is 14.8 Å². The molecular weight excluding hydrogens is 302 g/mol. The predicted octanol–water partition coefficient (Wildman–Crippen LogP) is 3.93. The second kappa shape index (κ2) is 7.34. The Bertz CT molecular complexity index is 679. The summed E-state index contributed by atoms with van der Waals surface area (Å²) in [7, 11) is 0. The quantitative estimate of drug-likeness (QED) is 0.843. The fourth-order valence-electron chi connectivity index (χ4n) is 3.39. The molecule has 1 aliphatic heterocycles. The third-order valence-corrected chi connectivity index (χ3v) is 4.89. The van der Waals surface area contributed by atoms with Gasteiger partial charge in [0.25, 0.3) is 0 Å². The van der Waals surface area contributed by atoms with Crippen molar-refractivity contribution in [1.82, 2.24) is 9.97 Å². The van der Waals surface area contributed by atoms with Gasteiger partial charge in [0.2, 0.25) is 0 Å². The van der Waals surface area contributed by atoms with Gasteiger partial charge in [-0.05, 0) is 31.0 Å². The number of rotatable bonds is 5. The lowest BCUT2D eigenvalue weighted by molar-refractivity contribution is 0.263. The van der Waals surface area contributed by atoms with E-state index in [9.17, 15) is 0 Å². The SMILES string of the molecule is c1nc(NC2CCCCCCC2)c2cc(OCC3CO3)ccc2n1. The lowest BCUT2D eigenvalue weighted by Crippen LogP contribution is -2.21. The number of hydrogen-bond donors (Lipinski definition) is 1. The smallest absolute Gasteiger partial charge is 0.137 e. The van der Waals surface area contributed by atoms with Crippen LogP contribution in [0.25, 0.3) is 10.9 Å². The monoisotopic (exact) mass is 327 g/mol. The highest BCUT2D eigenvalue weighted by Gasteiger charge is 2.23. The average molecular weight is 327 g/mol. The molecule has 5 nitrogen and oxygen atoms in total. The van der Waals surface area contributed by atoms with Crippen molar-refractivity contribution in [2.45, 2.75) is 57.1 Å². The number of ether oxygens (including phenoxy) is 2. The number of aromatic nitrogens is 2. The Morgan fingerprint density at radius 1 is 1.08 bits per heavy atom. The minimum Gasteiger partial charge on any atom is -0.491 e. The molecule has 1 saturated carbocycles. The van der Waals surface area contributed by atoms with E-state index in [4.69, 9.17) is 9.47 Å². The summed E-state index contributed by atoms with van der Waals surface area (Å²) in [5.74, 6) is 1.78. The maximum absolute atomic E-state index is 5.81. The van der Waals surface area contributed by atoms with Gasteiger partial charge in [-0.3, -0.25) is 0 Å². The average Bonchev–Trinajstić information content (AvgIpc) is 3.40. The zero-order valence-corrected chi connectivity index (χ0v) is 14.0. The molecule has 1 unspecified atom stereocenters. The van der Waals surface area contributed by atoms with Crippen molar-refractivity contribution in [1.29, 1.82) is 0 Å². The fraction of sp³-hybridized carbons (Fsp3) is 0.579.